The van der Waals surface area contributed by atoms with E-state index in [9.17, 15) is 4.39 Å². The van der Waals surface area contributed by atoms with Crippen molar-refractivity contribution in [1.29, 1.82) is 0 Å². The van der Waals surface area contributed by atoms with E-state index in [1.807, 2.05) is 37.7 Å². The Hall–Kier alpha value is -1.68. The van der Waals surface area contributed by atoms with Crippen LogP contribution >= 0.6 is 0 Å². The molecule has 0 spiro atoms. The van der Waals surface area contributed by atoms with Gasteiger partial charge < -0.3 is 5.32 Å². The van der Waals surface area contributed by atoms with E-state index in [-0.39, 0.29) is 11.9 Å². The zero-order chi connectivity index (χ0) is 13.1. The first-order valence-electron chi connectivity index (χ1n) is 6.07. The fraction of sp³-hybridized carbons (Fsp3) is 0.357. The molecule has 1 aromatic carbocycles. The Morgan fingerprint density at radius 1 is 1.39 bits per heavy atom. The average Bonchev–Trinajstić information content (AvgIpc) is 2.70. The Kier molecular flexibility index (Phi) is 3.77. The summed E-state index contributed by atoms with van der Waals surface area (Å²) in [5.74, 6) is -0.209. The van der Waals surface area contributed by atoms with E-state index in [0.717, 1.165) is 23.5 Å². The van der Waals surface area contributed by atoms with Gasteiger partial charge in [-0.2, -0.15) is 5.10 Å². The van der Waals surface area contributed by atoms with Gasteiger partial charge in [-0.05, 0) is 44.7 Å². The van der Waals surface area contributed by atoms with Gasteiger partial charge in [-0.25, -0.2) is 4.39 Å². The van der Waals surface area contributed by atoms with Crippen LogP contribution in [0.4, 0.5) is 4.39 Å². The lowest BCUT2D eigenvalue weighted by Crippen LogP contribution is -2.12. The molecule has 4 heteroatoms. The van der Waals surface area contributed by atoms with Crippen molar-refractivity contribution < 1.29 is 4.39 Å². The van der Waals surface area contributed by atoms with Crippen LogP contribution in [0.3, 0.4) is 0 Å². The first-order valence-corrected chi connectivity index (χ1v) is 6.07. The van der Waals surface area contributed by atoms with Gasteiger partial charge in [0, 0.05) is 12.2 Å². The molecule has 2 aromatic rings. The molecular formula is C14H18FN3. The van der Waals surface area contributed by atoms with Crippen molar-refractivity contribution in [2.24, 2.45) is 0 Å². The second-order valence-electron chi connectivity index (χ2n) is 4.48. The Morgan fingerprint density at radius 3 is 2.83 bits per heavy atom. The third-order valence-corrected chi connectivity index (χ3v) is 3.03. The maximum atomic E-state index is 13.2. The van der Waals surface area contributed by atoms with Gasteiger partial charge in [0.2, 0.25) is 0 Å². The molecule has 0 aliphatic heterocycles. The van der Waals surface area contributed by atoms with E-state index in [4.69, 9.17) is 0 Å². The van der Waals surface area contributed by atoms with Crippen LogP contribution in [-0.2, 0) is 6.54 Å². The number of nitrogens with zero attached hydrogens (tertiary/aromatic N) is 2. The number of hydrogen-bond acceptors (Lipinski definition) is 2. The maximum Gasteiger partial charge on any atom is 0.123 e. The van der Waals surface area contributed by atoms with Gasteiger partial charge in [0.15, 0.2) is 0 Å². The van der Waals surface area contributed by atoms with Crippen LogP contribution in [0.15, 0.2) is 30.3 Å². The van der Waals surface area contributed by atoms with Gasteiger partial charge in [0.1, 0.15) is 5.82 Å². The Balaban J connectivity index is 2.30. The molecule has 3 nitrogen and oxygen atoms in total. The van der Waals surface area contributed by atoms with E-state index in [0.29, 0.717) is 0 Å². The number of halogens is 1. The van der Waals surface area contributed by atoms with E-state index in [1.54, 1.807) is 12.1 Å². The lowest BCUT2D eigenvalue weighted by Gasteiger charge is -2.14. The van der Waals surface area contributed by atoms with Gasteiger partial charge in [0.05, 0.1) is 11.7 Å². The summed E-state index contributed by atoms with van der Waals surface area (Å²) in [5.41, 5.74) is 3.01. The Morgan fingerprint density at radius 2 is 2.17 bits per heavy atom. The standard InChI is InChI=1S/C14H18FN3/c1-10-7-14(9-16-3)17-18(10)11(2)12-5-4-6-13(15)8-12/h4-8,11,16H,9H2,1-3H3. The predicted octanol–water partition coefficient (Wildman–Crippen LogP) is 2.66. The second-order valence-corrected chi connectivity index (χ2v) is 4.48. The molecule has 1 N–H and O–H groups in total. The fourth-order valence-corrected chi connectivity index (χ4v) is 2.12. The summed E-state index contributed by atoms with van der Waals surface area (Å²) in [6.45, 7) is 4.78. The van der Waals surface area contributed by atoms with Crippen LogP contribution in [0.1, 0.15) is 29.9 Å². The molecule has 2 rings (SSSR count). The van der Waals surface area contributed by atoms with Crippen LogP contribution in [0.5, 0.6) is 0 Å². The van der Waals surface area contributed by atoms with Crippen LogP contribution in [-0.4, -0.2) is 16.8 Å². The molecule has 0 saturated carbocycles. The predicted molar refractivity (Wildman–Crippen MR) is 69.9 cm³/mol. The highest BCUT2D eigenvalue weighted by atomic mass is 19.1. The quantitative estimate of drug-likeness (QED) is 0.900. The van der Waals surface area contributed by atoms with Crippen LogP contribution in [0.25, 0.3) is 0 Å². The number of hydrogen-bond donors (Lipinski definition) is 1. The van der Waals surface area contributed by atoms with Gasteiger partial charge in [-0.3, -0.25) is 4.68 Å². The molecule has 0 amide bonds. The van der Waals surface area contributed by atoms with E-state index in [2.05, 4.69) is 10.4 Å². The molecule has 0 bridgehead atoms. The highest BCUT2D eigenvalue weighted by Gasteiger charge is 2.13. The zero-order valence-electron chi connectivity index (χ0n) is 10.9. The summed E-state index contributed by atoms with van der Waals surface area (Å²) in [4.78, 5) is 0. The van der Waals surface area contributed by atoms with Crippen molar-refractivity contribution in [2.75, 3.05) is 7.05 Å². The third kappa shape index (κ3) is 2.59. The topological polar surface area (TPSA) is 29.9 Å². The lowest BCUT2D eigenvalue weighted by atomic mass is 10.1. The molecule has 1 aromatic heterocycles. The number of aromatic nitrogens is 2. The summed E-state index contributed by atoms with van der Waals surface area (Å²) in [5, 5.41) is 7.61. The largest absolute Gasteiger partial charge is 0.314 e. The van der Waals surface area contributed by atoms with Crippen LogP contribution in [0, 0.1) is 12.7 Å². The minimum Gasteiger partial charge on any atom is -0.314 e. The molecule has 0 fully saturated rings. The molecule has 0 radical (unpaired) electrons. The molecular weight excluding hydrogens is 229 g/mol. The normalized spacial score (nSPS) is 12.7. The van der Waals surface area contributed by atoms with Gasteiger partial charge >= 0.3 is 0 Å². The average molecular weight is 247 g/mol. The molecule has 0 aliphatic rings. The van der Waals surface area contributed by atoms with Crippen molar-refractivity contribution in [3.63, 3.8) is 0 Å². The molecule has 96 valence electrons. The van der Waals surface area contributed by atoms with Crippen molar-refractivity contribution in [3.05, 3.63) is 53.1 Å². The van der Waals surface area contributed by atoms with Crippen LogP contribution in [0.2, 0.25) is 0 Å². The Bertz CT molecular complexity index is 534. The molecule has 18 heavy (non-hydrogen) atoms. The number of nitrogens with one attached hydrogen (secondary N) is 1. The second kappa shape index (κ2) is 5.31. The summed E-state index contributed by atoms with van der Waals surface area (Å²) >= 11 is 0. The van der Waals surface area contributed by atoms with E-state index < -0.39 is 0 Å². The molecule has 1 unspecified atom stereocenters. The van der Waals surface area contributed by atoms with E-state index >= 15 is 0 Å². The summed E-state index contributed by atoms with van der Waals surface area (Å²) in [6, 6.07) is 8.75. The number of aryl methyl sites for hydroxylation is 1. The zero-order valence-corrected chi connectivity index (χ0v) is 10.9. The lowest BCUT2D eigenvalue weighted by molar-refractivity contribution is 0.535. The highest BCUT2D eigenvalue weighted by Crippen LogP contribution is 2.20. The first kappa shape index (κ1) is 12.8. The van der Waals surface area contributed by atoms with Crippen LogP contribution < -0.4 is 5.32 Å². The van der Waals surface area contributed by atoms with Gasteiger partial charge in [0.25, 0.3) is 0 Å². The highest BCUT2D eigenvalue weighted by molar-refractivity contribution is 5.22. The van der Waals surface area contributed by atoms with Crippen molar-refractivity contribution in [1.82, 2.24) is 15.1 Å². The summed E-state index contributed by atoms with van der Waals surface area (Å²) < 4.78 is 15.2. The van der Waals surface area contributed by atoms with Crippen molar-refractivity contribution in [2.45, 2.75) is 26.4 Å². The monoisotopic (exact) mass is 247 g/mol. The molecule has 0 aliphatic carbocycles. The minimum absolute atomic E-state index is 0.0336. The smallest absolute Gasteiger partial charge is 0.123 e. The number of benzene rings is 1. The van der Waals surface area contributed by atoms with E-state index in [1.165, 1.54) is 6.07 Å². The van der Waals surface area contributed by atoms with Gasteiger partial charge in [-0.15, -0.1) is 0 Å². The first-order chi connectivity index (χ1) is 8.61. The molecule has 1 heterocycles. The van der Waals surface area contributed by atoms with Gasteiger partial charge in [-0.1, -0.05) is 12.1 Å². The summed E-state index contributed by atoms with van der Waals surface area (Å²) in [6.07, 6.45) is 0. The third-order valence-electron chi connectivity index (χ3n) is 3.03. The summed E-state index contributed by atoms with van der Waals surface area (Å²) in [7, 11) is 1.89. The molecule has 1 atom stereocenters. The fourth-order valence-electron chi connectivity index (χ4n) is 2.12. The number of rotatable bonds is 4. The molecule has 0 saturated heterocycles. The van der Waals surface area contributed by atoms with Crippen molar-refractivity contribution >= 4 is 0 Å². The Labute approximate surface area is 107 Å². The van der Waals surface area contributed by atoms with Crippen molar-refractivity contribution in [3.8, 4) is 0 Å². The SMILES string of the molecule is CNCc1cc(C)n(C(C)c2cccc(F)c2)n1. The maximum absolute atomic E-state index is 13.2. The minimum atomic E-state index is -0.209.